The van der Waals surface area contributed by atoms with Crippen molar-refractivity contribution in [1.82, 2.24) is 14.8 Å². The molecular formula is C23H20N4O2S. The Morgan fingerprint density at radius 1 is 0.933 bits per heavy atom. The van der Waals surface area contributed by atoms with Crippen molar-refractivity contribution in [2.75, 3.05) is 5.32 Å². The number of anilines is 1. The molecular weight excluding hydrogens is 396 g/mol. The third-order valence-electron chi connectivity index (χ3n) is 4.47. The van der Waals surface area contributed by atoms with Crippen LogP contribution in [0.4, 0.5) is 5.69 Å². The number of thioether (sulfide) groups is 1. The summed E-state index contributed by atoms with van der Waals surface area (Å²) in [7, 11) is 0. The van der Waals surface area contributed by atoms with Gasteiger partial charge in [-0.05, 0) is 55.5 Å². The van der Waals surface area contributed by atoms with Crippen LogP contribution in [-0.4, -0.2) is 31.0 Å². The maximum atomic E-state index is 12.7. The third kappa shape index (κ3) is 4.36. The molecule has 30 heavy (non-hydrogen) atoms. The molecule has 1 amide bonds. The summed E-state index contributed by atoms with van der Waals surface area (Å²) in [6.45, 7) is 1.84. The molecule has 4 rings (SSSR count). The number of para-hydroxylation sites is 2. The Morgan fingerprint density at radius 2 is 1.57 bits per heavy atom. The zero-order valence-electron chi connectivity index (χ0n) is 16.3. The minimum Gasteiger partial charge on any atom is -0.508 e. The van der Waals surface area contributed by atoms with Crippen molar-refractivity contribution in [3.63, 3.8) is 0 Å². The molecule has 0 fully saturated rings. The van der Waals surface area contributed by atoms with Crippen molar-refractivity contribution in [2.45, 2.75) is 17.3 Å². The molecule has 0 unspecified atom stereocenters. The first-order valence-electron chi connectivity index (χ1n) is 9.44. The Morgan fingerprint density at radius 3 is 2.23 bits per heavy atom. The first-order chi connectivity index (χ1) is 14.6. The fourth-order valence-corrected chi connectivity index (χ4v) is 3.80. The number of aromatic nitrogens is 3. The minimum absolute atomic E-state index is 0.111. The maximum absolute atomic E-state index is 12.7. The van der Waals surface area contributed by atoms with Gasteiger partial charge >= 0.3 is 0 Å². The van der Waals surface area contributed by atoms with Crippen LogP contribution in [0.3, 0.4) is 0 Å². The van der Waals surface area contributed by atoms with Gasteiger partial charge in [0.2, 0.25) is 5.91 Å². The van der Waals surface area contributed by atoms with E-state index in [1.165, 1.54) is 11.8 Å². The van der Waals surface area contributed by atoms with Crippen molar-refractivity contribution in [3.05, 3.63) is 84.9 Å². The van der Waals surface area contributed by atoms with E-state index in [9.17, 15) is 9.90 Å². The molecule has 1 heterocycles. The molecule has 1 aromatic heterocycles. The SMILES string of the molecule is C[C@H](Sc1nnc(-c2ccc(O)cc2)n1-c1ccccc1)C(=O)Nc1ccccc1. The van der Waals surface area contributed by atoms with Crippen LogP contribution in [0, 0.1) is 0 Å². The minimum atomic E-state index is -0.385. The normalized spacial score (nSPS) is 11.8. The lowest BCUT2D eigenvalue weighted by Crippen LogP contribution is -2.22. The van der Waals surface area contributed by atoms with E-state index < -0.39 is 0 Å². The Bertz CT molecular complexity index is 1130. The number of amides is 1. The Hall–Kier alpha value is -3.58. The number of phenolic OH excluding ortho intramolecular Hbond substituents is 1. The summed E-state index contributed by atoms with van der Waals surface area (Å²) in [6.07, 6.45) is 0. The van der Waals surface area contributed by atoms with Crippen LogP contribution in [0.15, 0.2) is 90.1 Å². The van der Waals surface area contributed by atoms with Gasteiger partial charge < -0.3 is 10.4 Å². The number of nitrogens with one attached hydrogen (secondary N) is 1. The van der Waals surface area contributed by atoms with E-state index in [0.717, 1.165) is 16.9 Å². The lowest BCUT2D eigenvalue weighted by Gasteiger charge is -2.14. The number of nitrogens with zero attached hydrogens (tertiary/aromatic N) is 3. The van der Waals surface area contributed by atoms with Gasteiger partial charge in [-0.15, -0.1) is 10.2 Å². The smallest absolute Gasteiger partial charge is 0.237 e. The van der Waals surface area contributed by atoms with Crippen LogP contribution in [0.1, 0.15) is 6.92 Å². The molecule has 0 aliphatic rings. The van der Waals surface area contributed by atoms with E-state index >= 15 is 0 Å². The van der Waals surface area contributed by atoms with E-state index in [4.69, 9.17) is 0 Å². The van der Waals surface area contributed by atoms with E-state index in [0.29, 0.717) is 11.0 Å². The number of carbonyl (C=O) groups excluding carboxylic acids is 1. The summed E-state index contributed by atoms with van der Waals surface area (Å²) < 4.78 is 1.92. The Balaban J connectivity index is 1.64. The summed E-state index contributed by atoms with van der Waals surface area (Å²) >= 11 is 1.34. The zero-order valence-corrected chi connectivity index (χ0v) is 17.1. The van der Waals surface area contributed by atoms with Gasteiger partial charge in [-0.2, -0.15) is 0 Å². The Labute approximate surface area is 178 Å². The van der Waals surface area contributed by atoms with Gasteiger partial charge in [0, 0.05) is 16.9 Å². The second-order valence-electron chi connectivity index (χ2n) is 6.64. The van der Waals surface area contributed by atoms with Gasteiger partial charge in [-0.3, -0.25) is 9.36 Å². The molecule has 0 radical (unpaired) electrons. The number of carbonyl (C=O) groups is 1. The average molecular weight is 417 g/mol. The molecule has 0 saturated carbocycles. The maximum Gasteiger partial charge on any atom is 0.237 e. The van der Waals surface area contributed by atoms with Gasteiger partial charge in [-0.1, -0.05) is 48.2 Å². The molecule has 0 saturated heterocycles. The molecule has 0 bridgehead atoms. The second-order valence-corrected chi connectivity index (χ2v) is 7.95. The van der Waals surface area contributed by atoms with Crippen molar-refractivity contribution in [2.24, 2.45) is 0 Å². The zero-order chi connectivity index (χ0) is 20.9. The number of hydrogen-bond acceptors (Lipinski definition) is 5. The highest BCUT2D eigenvalue weighted by Gasteiger charge is 2.22. The summed E-state index contributed by atoms with van der Waals surface area (Å²) in [4.78, 5) is 12.7. The van der Waals surface area contributed by atoms with Crippen LogP contribution in [0.2, 0.25) is 0 Å². The molecule has 7 heteroatoms. The first kappa shape index (κ1) is 19.7. The third-order valence-corrected chi connectivity index (χ3v) is 5.51. The van der Waals surface area contributed by atoms with Gasteiger partial charge in [0.25, 0.3) is 0 Å². The summed E-state index contributed by atoms with van der Waals surface area (Å²) in [5.41, 5.74) is 2.46. The fourth-order valence-electron chi connectivity index (χ4n) is 2.93. The number of rotatable bonds is 6. The van der Waals surface area contributed by atoms with Crippen LogP contribution in [0.25, 0.3) is 17.1 Å². The van der Waals surface area contributed by atoms with Crippen molar-refractivity contribution >= 4 is 23.4 Å². The van der Waals surface area contributed by atoms with Crippen LogP contribution in [-0.2, 0) is 4.79 Å². The predicted octanol–water partition coefficient (Wildman–Crippen LogP) is 4.76. The highest BCUT2D eigenvalue weighted by Crippen LogP contribution is 2.31. The molecule has 2 N–H and O–H groups in total. The number of phenols is 1. The van der Waals surface area contributed by atoms with Gasteiger partial charge in [0.15, 0.2) is 11.0 Å². The molecule has 4 aromatic rings. The molecule has 0 aliphatic carbocycles. The van der Waals surface area contributed by atoms with E-state index in [-0.39, 0.29) is 16.9 Å². The summed E-state index contributed by atoms with van der Waals surface area (Å²) in [6, 6.07) is 25.9. The lowest BCUT2D eigenvalue weighted by atomic mass is 10.2. The first-order valence-corrected chi connectivity index (χ1v) is 10.3. The molecule has 3 aromatic carbocycles. The van der Waals surface area contributed by atoms with Gasteiger partial charge in [0.1, 0.15) is 5.75 Å². The number of aromatic hydroxyl groups is 1. The Kier molecular flexibility index (Phi) is 5.81. The second kappa shape index (κ2) is 8.84. The van der Waals surface area contributed by atoms with Crippen molar-refractivity contribution in [3.8, 4) is 22.8 Å². The van der Waals surface area contributed by atoms with Crippen molar-refractivity contribution < 1.29 is 9.90 Å². The van der Waals surface area contributed by atoms with Crippen molar-refractivity contribution in [1.29, 1.82) is 0 Å². The molecule has 0 spiro atoms. The van der Waals surface area contributed by atoms with Gasteiger partial charge in [0.05, 0.1) is 5.25 Å². The highest BCUT2D eigenvalue weighted by molar-refractivity contribution is 8.00. The summed E-state index contributed by atoms with van der Waals surface area (Å²) in [5.74, 6) is 0.713. The van der Waals surface area contributed by atoms with E-state index in [1.54, 1.807) is 24.3 Å². The van der Waals surface area contributed by atoms with Crippen LogP contribution >= 0.6 is 11.8 Å². The predicted molar refractivity (Wildman–Crippen MR) is 119 cm³/mol. The van der Waals surface area contributed by atoms with E-state index in [2.05, 4.69) is 15.5 Å². The standard InChI is InChI=1S/C23H20N4O2S/c1-16(22(29)24-18-8-4-2-5-9-18)30-23-26-25-21(17-12-14-20(28)15-13-17)27(23)19-10-6-3-7-11-19/h2-16,28H,1H3,(H,24,29)/t16-/m0/s1. The average Bonchev–Trinajstić information content (AvgIpc) is 3.19. The van der Waals surface area contributed by atoms with Gasteiger partial charge in [-0.25, -0.2) is 0 Å². The lowest BCUT2D eigenvalue weighted by molar-refractivity contribution is -0.115. The van der Waals surface area contributed by atoms with Crippen LogP contribution in [0.5, 0.6) is 5.75 Å². The quantitative estimate of drug-likeness (QED) is 0.443. The molecule has 0 aliphatic heterocycles. The highest BCUT2D eigenvalue weighted by atomic mass is 32.2. The largest absolute Gasteiger partial charge is 0.508 e. The molecule has 6 nitrogen and oxygen atoms in total. The van der Waals surface area contributed by atoms with Crippen LogP contribution < -0.4 is 5.32 Å². The molecule has 150 valence electrons. The monoisotopic (exact) mass is 416 g/mol. The topological polar surface area (TPSA) is 80.0 Å². The fraction of sp³-hybridized carbons (Fsp3) is 0.0870. The number of hydrogen-bond donors (Lipinski definition) is 2. The summed E-state index contributed by atoms with van der Waals surface area (Å²) in [5, 5.41) is 21.5. The number of benzene rings is 3. The molecule has 1 atom stereocenters. The van der Waals surface area contributed by atoms with E-state index in [1.807, 2.05) is 72.2 Å².